The third-order valence-corrected chi connectivity index (χ3v) is 6.75. The van der Waals surface area contributed by atoms with Crippen LogP contribution >= 0.6 is 0 Å². The molecule has 0 fully saturated rings. The second kappa shape index (κ2) is 8.65. The lowest BCUT2D eigenvalue weighted by Gasteiger charge is -2.38. The standard InChI is InChI=1S/C28H36N2O2/c1-7-32-27(31)30-15-14-22-23-16-18(2)8-13-24(23)29-25(22)26(30)19(3)17-20-9-11-21(12-10-20)28(4,5)6/h8-13,16,19,26,29H,7,14-15,17H2,1-6H3. The minimum absolute atomic E-state index is 0.0344. The normalized spacial score (nSPS) is 17.3. The summed E-state index contributed by atoms with van der Waals surface area (Å²) in [6.07, 6.45) is 1.54. The Morgan fingerprint density at radius 3 is 2.56 bits per heavy atom. The number of ether oxygens (including phenoxy) is 1. The highest BCUT2D eigenvalue weighted by atomic mass is 16.6. The topological polar surface area (TPSA) is 45.3 Å². The highest BCUT2D eigenvalue weighted by molar-refractivity contribution is 5.86. The molecule has 4 rings (SSSR count). The number of H-pyrrole nitrogens is 1. The number of aromatic amines is 1. The molecule has 3 aromatic rings. The SMILES string of the molecule is CCOC(=O)N1CCc2c([nH]c3ccc(C)cc23)C1C(C)Cc1ccc(C(C)(C)C)cc1. The maximum absolute atomic E-state index is 12.9. The van der Waals surface area contributed by atoms with Crippen LogP contribution in [0.15, 0.2) is 42.5 Å². The smallest absolute Gasteiger partial charge is 0.410 e. The van der Waals surface area contributed by atoms with Gasteiger partial charge in [-0.05, 0) is 66.8 Å². The molecule has 2 aromatic carbocycles. The predicted octanol–water partition coefficient (Wildman–Crippen LogP) is 6.71. The number of rotatable bonds is 4. The average molecular weight is 433 g/mol. The highest BCUT2D eigenvalue weighted by Gasteiger charge is 2.37. The average Bonchev–Trinajstić information content (AvgIpc) is 3.10. The number of hydrogen-bond acceptors (Lipinski definition) is 2. The lowest BCUT2D eigenvalue weighted by atomic mass is 9.84. The first kappa shape index (κ1) is 22.4. The number of nitrogens with zero attached hydrogens (tertiary/aromatic N) is 1. The first-order valence-electron chi connectivity index (χ1n) is 11.8. The van der Waals surface area contributed by atoms with Gasteiger partial charge in [0, 0.05) is 23.1 Å². The molecule has 2 unspecified atom stereocenters. The second-order valence-electron chi connectivity index (χ2n) is 10.3. The van der Waals surface area contributed by atoms with Crippen molar-refractivity contribution in [2.45, 2.75) is 65.8 Å². The van der Waals surface area contributed by atoms with Crippen LogP contribution < -0.4 is 0 Å². The van der Waals surface area contributed by atoms with E-state index in [1.54, 1.807) is 0 Å². The summed E-state index contributed by atoms with van der Waals surface area (Å²) in [5.74, 6) is 0.244. The number of fused-ring (bicyclic) bond motifs is 3. The molecule has 1 aromatic heterocycles. The van der Waals surface area contributed by atoms with Crippen LogP contribution in [0, 0.1) is 12.8 Å². The van der Waals surface area contributed by atoms with Gasteiger partial charge in [0.15, 0.2) is 0 Å². The molecule has 0 saturated heterocycles. The van der Waals surface area contributed by atoms with Crippen molar-refractivity contribution >= 4 is 17.0 Å². The molecule has 4 heteroatoms. The Bertz CT molecular complexity index is 1100. The second-order valence-corrected chi connectivity index (χ2v) is 10.3. The Hall–Kier alpha value is -2.75. The lowest BCUT2D eigenvalue weighted by Crippen LogP contribution is -2.43. The predicted molar refractivity (Wildman–Crippen MR) is 131 cm³/mol. The Morgan fingerprint density at radius 1 is 1.19 bits per heavy atom. The molecule has 170 valence electrons. The largest absolute Gasteiger partial charge is 0.450 e. The van der Waals surface area contributed by atoms with Gasteiger partial charge in [0.1, 0.15) is 0 Å². The van der Waals surface area contributed by atoms with Crippen LogP contribution in [-0.2, 0) is 23.0 Å². The lowest BCUT2D eigenvalue weighted by molar-refractivity contribution is 0.0717. The Balaban J connectivity index is 1.69. The fourth-order valence-corrected chi connectivity index (χ4v) is 5.06. The van der Waals surface area contributed by atoms with Gasteiger partial charge in [-0.15, -0.1) is 0 Å². The minimum Gasteiger partial charge on any atom is -0.450 e. The number of nitrogens with one attached hydrogen (secondary N) is 1. The van der Waals surface area contributed by atoms with Crippen molar-refractivity contribution in [2.24, 2.45) is 5.92 Å². The van der Waals surface area contributed by atoms with Crippen LogP contribution in [-0.4, -0.2) is 29.1 Å². The first-order valence-corrected chi connectivity index (χ1v) is 11.8. The van der Waals surface area contributed by atoms with Gasteiger partial charge < -0.3 is 9.72 Å². The van der Waals surface area contributed by atoms with Crippen LogP contribution in [0.3, 0.4) is 0 Å². The van der Waals surface area contributed by atoms with E-state index >= 15 is 0 Å². The zero-order valence-corrected chi connectivity index (χ0v) is 20.3. The van der Waals surface area contributed by atoms with E-state index in [0.717, 1.165) is 18.4 Å². The van der Waals surface area contributed by atoms with E-state index in [9.17, 15) is 4.79 Å². The molecule has 0 aliphatic carbocycles. The number of benzene rings is 2. The molecule has 1 N–H and O–H groups in total. The van der Waals surface area contributed by atoms with Gasteiger partial charge in [0.2, 0.25) is 0 Å². The van der Waals surface area contributed by atoms with Gasteiger partial charge in [-0.3, -0.25) is 4.90 Å². The van der Waals surface area contributed by atoms with Gasteiger partial charge in [-0.2, -0.15) is 0 Å². The van der Waals surface area contributed by atoms with Crippen molar-refractivity contribution in [2.75, 3.05) is 13.2 Å². The summed E-state index contributed by atoms with van der Waals surface area (Å²) in [6, 6.07) is 15.5. The molecule has 0 bridgehead atoms. The Morgan fingerprint density at radius 2 is 1.91 bits per heavy atom. The highest BCUT2D eigenvalue weighted by Crippen LogP contribution is 2.40. The number of carbonyl (C=O) groups is 1. The third-order valence-electron chi connectivity index (χ3n) is 6.75. The third kappa shape index (κ3) is 4.28. The summed E-state index contributed by atoms with van der Waals surface area (Å²) in [4.78, 5) is 18.5. The molecular weight excluding hydrogens is 396 g/mol. The first-order chi connectivity index (χ1) is 15.2. The molecule has 0 spiro atoms. The van der Waals surface area contributed by atoms with Gasteiger partial charge in [0.05, 0.1) is 12.6 Å². The van der Waals surface area contributed by atoms with E-state index in [2.05, 4.69) is 82.1 Å². The van der Waals surface area contributed by atoms with Crippen molar-refractivity contribution < 1.29 is 9.53 Å². The zero-order chi connectivity index (χ0) is 23.0. The number of aromatic nitrogens is 1. The van der Waals surface area contributed by atoms with E-state index in [4.69, 9.17) is 4.74 Å². The van der Waals surface area contributed by atoms with Crippen LogP contribution in [0.4, 0.5) is 4.79 Å². The maximum atomic E-state index is 12.9. The molecule has 1 aliphatic rings. The van der Waals surface area contributed by atoms with Gasteiger partial charge in [-0.25, -0.2) is 4.79 Å². The van der Waals surface area contributed by atoms with Gasteiger partial charge in [0.25, 0.3) is 0 Å². The van der Waals surface area contributed by atoms with E-state index in [1.807, 2.05) is 11.8 Å². The number of carbonyl (C=O) groups excluding carboxylic acids is 1. The molecule has 2 heterocycles. The fourth-order valence-electron chi connectivity index (χ4n) is 5.06. The maximum Gasteiger partial charge on any atom is 0.410 e. The van der Waals surface area contributed by atoms with Gasteiger partial charge in [-0.1, -0.05) is 63.6 Å². The van der Waals surface area contributed by atoms with Crippen LogP contribution in [0.2, 0.25) is 0 Å². The van der Waals surface area contributed by atoms with Crippen molar-refractivity contribution in [3.8, 4) is 0 Å². The summed E-state index contributed by atoms with van der Waals surface area (Å²) in [5, 5.41) is 1.29. The van der Waals surface area contributed by atoms with Crippen molar-refractivity contribution in [1.29, 1.82) is 0 Å². The number of amides is 1. The van der Waals surface area contributed by atoms with E-state index < -0.39 is 0 Å². The van der Waals surface area contributed by atoms with E-state index in [-0.39, 0.29) is 23.5 Å². The molecule has 32 heavy (non-hydrogen) atoms. The van der Waals surface area contributed by atoms with Crippen LogP contribution in [0.5, 0.6) is 0 Å². The quantitative estimate of drug-likeness (QED) is 0.498. The summed E-state index contributed by atoms with van der Waals surface area (Å²) < 4.78 is 5.45. The zero-order valence-electron chi connectivity index (χ0n) is 20.3. The van der Waals surface area contributed by atoms with E-state index in [1.165, 1.54) is 33.3 Å². The van der Waals surface area contributed by atoms with Crippen molar-refractivity contribution in [1.82, 2.24) is 9.88 Å². The van der Waals surface area contributed by atoms with Gasteiger partial charge >= 0.3 is 6.09 Å². The Kier molecular flexibility index (Phi) is 6.07. The summed E-state index contributed by atoms with van der Waals surface area (Å²) in [6.45, 7) is 14.0. The summed E-state index contributed by atoms with van der Waals surface area (Å²) >= 11 is 0. The summed E-state index contributed by atoms with van der Waals surface area (Å²) in [7, 11) is 0. The molecule has 0 radical (unpaired) electrons. The molecule has 1 aliphatic heterocycles. The van der Waals surface area contributed by atoms with Crippen LogP contribution in [0.25, 0.3) is 10.9 Å². The monoisotopic (exact) mass is 432 g/mol. The number of aryl methyl sites for hydroxylation is 1. The molecule has 1 amide bonds. The summed E-state index contributed by atoms with van der Waals surface area (Å²) in [5.41, 5.74) is 7.72. The Labute approximate surface area is 192 Å². The van der Waals surface area contributed by atoms with Crippen molar-refractivity contribution in [3.05, 3.63) is 70.4 Å². The molecular formula is C28H36N2O2. The number of hydrogen-bond donors (Lipinski definition) is 1. The van der Waals surface area contributed by atoms with E-state index in [0.29, 0.717) is 13.2 Å². The van der Waals surface area contributed by atoms with Crippen molar-refractivity contribution in [3.63, 3.8) is 0 Å². The minimum atomic E-state index is -0.215. The molecule has 0 saturated carbocycles. The van der Waals surface area contributed by atoms with Crippen LogP contribution in [0.1, 0.15) is 68.6 Å². The molecule has 2 atom stereocenters. The molecule has 4 nitrogen and oxygen atoms in total. The fraction of sp³-hybridized carbons (Fsp3) is 0.464.